The number of ketones is 1. The Labute approximate surface area is 741 Å². The van der Waals surface area contributed by atoms with Crippen molar-refractivity contribution in [1.29, 1.82) is 0 Å². The standard InChI is InChI=1S/C11H18O5.C10H17FO3.C10H18O3.C9H17FO2.C9H18O3.C8H14ClFO.C8H15FO2.C8H14O5.C8H16O3.C8H14O3/c1-5-9-6(2)10(14-7(3)12)11(16-9)15-8(4)13;1-5-8-6(2)10(4,11)9(14-8)13-7(3)12;1-5-7-6(2)8-9(11-7)13-10(3,4)12-8;2*1-5-7-6(2)9(3,10)8(11-4)12-7;1-4-6-5(2)8(3,10)7(9)11-6;1-4-6-5(2)8(3,9)7(10)11-6;1-8(2)12-6-5(10)4(3-9)11-7(6)13-8;2*1-4-6-5(2)7(9)8(10-3)11-6/h6,9-11H,5H2,1-4H3;6,8-9H,5H2,1-4H3;6-9H,5H2,1-4H3;6-8H,5H2,1-4H3;6-8,10H,5H2,1-4H3;5-7H,4H2,1-3H3;5-7,10H,4H2,1-3H3;4-7,9-10H,3H2,1-2H3;5-9H,4H2,1-3H3;5-6,8H,4H2,1-3H3/t6-,9+,10?,11+;6-,8+,9+,10?;6-,7+,8?,9-;2*6-,7+,8+,9?;2*5-,6+,7+,8?;4-,5+,6?,7+;5-,6+,7?,8+;5-,6+,8+/m0000000100/s1. The first-order valence-electron chi connectivity index (χ1n) is 44.6. The second-order valence-electron chi connectivity index (χ2n) is 36.0. The summed E-state index contributed by atoms with van der Waals surface area (Å²) in [7, 11) is 6.09. The second-order valence-corrected chi connectivity index (χ2v) is 36.4. The summed E-state index contributed by atoms with van der Waals surface area (Å²) in [5.41, 5.74) is -7.53. The second kappa shape index (κ2) is 50.3. The fourth-order valence-electron chi connectivity index (χ4n) is 16.8. The molecule has 12 rings (SSSR count). The van der Waals surface area contributed by atoms with Gasteiger partial charge in [0.25, 0.3) is 0 Å². The Morgan fingerprint density at radius 3 is 1.08 bits per heavy atom. The number of rotatable bonds is 17. The van der Waals surface area contributed by atoms with Crippen LogP contribution in [-0.2, 0) is 119 Å². The van der Waals surface area contributed by atoms with Crippen molar-refractivity contribution in [2.45, 2.75) is 459 Å². The van der Waals surface area contributed by atoms with Gasteiger partial charge in [0, 0.05) is 102 Å². The minimum absolute atomic E-state index is 0.00931. The molecule has 0 aromatic heterocycles. The molecule has 12 aliphatic rings. The topological polar surface area (TPSA) is 363 Å². The first-order valence-corrected chi connectivity index (χ1v) is 45.0. The number of carbonyl (C=O) groups is 4. The van der Waals surface area contributed by atoms with E-state index in [0.717, 1.165) is 57.8 Å². The highest BCUT2D eigenvalue weighted by molar-refractivity contribution is 6.20. The Morgan fingerprint density at radius 2 is 0.766 bits per heavy atom. The highest BCUT2D eigenvalue weighted by Gasteiger charge is 2.59. The maximum absolute atomic E-state index is 14.1. The molecule has 0 saturated carbocycles. The number of Topliss-reactive ketones (excluding diaryl/α,β-unsaturated/α-hetero) is 1. The number of aliphatic hydroxyl groups excluding tert-OH is 4. The molecule has 12 aliphatic heterocycles. The molecule has 124 heavy (non-hydrogen) atoms. The molecule has 12 heterocycles. The van der Waals surface area contributed by atoms with Gasteiger partial charge in [0.15, 0.2) is 89.4 Å². The van der Waals surface area contributed by atoms with Crippen LogP contribution in [0, 0.1) is 53.3 Å². The van der Waals surface area contributed by atoms with Gasteiger partial charge in [-0.2, -0.15) is 0 Å². The summed E-state index contributed by atoms with van der Waals surface area (Å²) in [5, 5.41) is 47.0. The van der Waals surface area contributed by atoms with Crippen molar-refractivity contribution in [2.75, 3.05) is 35.0 Å². The zero-order valence-corrected chi connectivity index (χ0v) is 81.3. The zero-order valence-electron chi connectivity index (χ0n) is 80.5. The highest BCUT2D eigenvalue weighted by atomic mass is 35.5. The lowest BCUT2D eigenvalue weighted by atomic mass is 9.88. The van der Waals surface area contributed by atoms with Crippen molar-refractivity contribution in [1.82, 2.24) is 0 Å². The largest absolute Gasteiger partial charge is 0.455 e. The summed E-state index contributed by atoms with van der Waals surface area (Å²) in [5.74, 6) is -2.35. The molecule has 39 atom stereocenters. The van der Waals surface area contributed by atoms with Crippen molar-refractivity contribution < 1.29 is 162 Å². The minimum atomic E-state index is -1.59. The van der Waals surface area contributed by atoms with Gasteiger partial charge in [-0.25, -0.2) is 17.6 Å². The van der Waals surface area contributed by atoms with Gasteiger partial charge in [0.1, 0.15) is 36.1 Å². The molecule has 35 heteroatoms. The molecular formula is C89H161ClF4O30. The third-order valence-corrected chi connectivity index (χ3v) is 26.7. The molecular weight excluding hydrogens is 1660 g/mol. The average Bonchev–Trinajstić information content (AvgIpc) is 1.63. The van der Waals surface area contributed by atoms with Gasteiger partial charge < -0.3 is 125 Å². The monoisotopic (exact) mass is 1820 g/mol. The fourth-order valence-corrected chi connectivity index (χ4v) is 17.1. The molecule has 732 valence electrons. The number of methoxy groups -OCH3 is 4. The molecule has 0 aliphatic carbocycles. The summed E-state index contributed by atoms with van der Waals surface area (Å²) in [6.07, 6.45) is -0.841. The van der Waals surface area contributed by atoms with E-state index in [4.69, 9.17) is 121 Å². The maximum Gasteiger partial charge on any atom is 0.305 e. The van der Waals surface area contributed by atoms with Crippen molar-refractivity contribution >= 4 is 35.3 Å². The highest BCUT2D eigenvalue weighted by Crippen LogP contribution is 2.47. The summed E-state index contributed by atoms with van der Waals surface area (Å²) in [6, 6.07) is 0. The number of alkyl halides is 5. The van der Waals surface area contributed by atoms with Crippen LogP contribution in [-0.4, -0.2) is 278 Å². The predicted molar refractivity (Wildman–Crippen MR) is 450 cm³/mol. The van der Waals surface area contributed by atoms with Crippen LogP contribution < -0.4 is 0 Å². The molecule has 0 spiro atoms. The van der Waals surface area contributed by atoms with E-state index in [1.165, 1.54) is 55.8 Å². The lowest BCUT2D eigenvalue weighted by molar-refractivity contribution is -0.218. The molecule has 0 radical (unpaired) electrons. The third-order valence-electron chi connectivity index (χ3n) is 26.2. The van der Waals surface area contributed by atoms with Crippen LogP contribution in [0.4, 0.5) is 17.6 Å². The van der Waals surface area contributed by atoms with Gasteiger partial charge >= 0.3 is 17.9 Å². The van der Waals surface area contributed by atoms with Gasteiger partial charge in [-0.1, -0.05) is 136 Å². The Bertz CT molecular complexity index is 2980. The molecule has 0 aromatic rings. The van der Waals surface area contributed by atoms with E-state index < -0.39 is 144 Å². The van der Waals surface area contributed by atoms with Crippen LogP contribution in [0.3, 0.4) is 0 Å². The number of aliphatic hydroxyl groups is 5. The number of hydrogen-bond donors (Lipinski definition) is 5. The van der Waals surface area contributed by atoms with E-state index in [1.807, 2.05) is 104 Å². The Kier molecular flexibility index (Phi) is 46.8. The van der Waals surface area contributed by atoms with Crippen LogP contribution in [0.25, 0.3) is 0 Å². The molecule has 0 aromatic carbocycles. The molecule has 12 saturated heterocycles. The van der Waals surface area contributed by atoms with E-state index >= 15 is 0 Å². The average molecular weight is 1820 g/mol. The molecule has 9 unspecified atom stereocenters. The van der Waals surface area contributed by atoms with Crippen molar-refractivity contribution in [3.63, 3.8) is 0 Å². The van der Waals surface area contributed by atoms with Gasteiger partial charge in [0.05, 0.1) is 61.5 Å². The SMILES string of the molecule is CC1(C)OC2[C@@H](O[C@H](CO)[C@@H]2O)O1.CC[C@H]1O[C@@H](Cl)C(C)(F)[C@H]1C.CC[C@H]1O[C@@H](O)C(C)(F)[C@H]1C.CC[C@H]1O[C@@H](OC(C)=O)C(C)(F)[C@H]1C.CC[C@H]1O[C@@H](OC(C)=O)C(OC(C)=O)[C@H]1C.CC[C@H]1O[C@@H](OC)C(=O)[C@H]1C.CC[C@H]1O[C@@H](OC)C(C)(F)[C@H]1C.CC[C@H]1O[C@@H](OC)C(C)(O)[C@H]1C.CC[C@H]1O[C@@H](OC)C(O)[C@H]1C.CC[C@H]1O[C@H]2OC(C)(C)OC2[C@H]1C. The van der Waals surface area contributed by atoms with E-state index in [9.17, 15) is 52.1 Å². The summed E-state index contributed by atoms with van der Waals surface area (Å²) in [4.78, 5) is 43.8. The van der Waals surface area contributed by atoms with Crippen molar-refractivity contribution in [3.05, 3.63) is 0 Å². The van der Waals surface area contributed by atoms with Crippen LogP contribution in [0.15, 0.2) is 0 Å². The lowest BCUT2D eigenvalue weighted by Gasteiger charge is -2.26. The van der Waals surface area contributed by atoms with Crippen LogP contribution in [0.2, 0.25) is 0 Å². The molecule has 0 amide bonds. The van der Waals surface area contributed by atoms with E-state index in [-0.39, 0.29) is 121 Å². The molecule has 5 N–H and O–H groups in total. The first kappa shape index (κ1) is 115. The Balaban J connectivity index is 0.000000356. The van der Waals surface area contributed by atoms with E-state index in [0.29, 0.717) is 12.0 Å². The number of halogens is 5. The number of hydrogen-bond acceptors (Lipinski definition) is 30. The summed E-state index contributed by atoms with van der Waals surface area (Å²) in [6.45, 7) is 53.9. The number of esters is 3. The molecule has 0 bridgehead atoms. The van der Waals surface area contributed by atoms with Crippen LogP contribution >= 0.6 is 11.6 Å². The predicted octanol–water partition coefficient (Wildman–Crippen LogP) is 13.7. The summed E-state index contributed by atoms with van der Waals surface area (Å²) < 4.78 is 166. The molecule has 12 fully saturated rings. The maximum atomic E-state index is 14.1. The van der Waals surface area contributed by atoms with E-state index in [1.54, 1.807) is 55.8 Å². The van der Waals surface area contributed by atoms with Gasteiger partial charge in [0.2, 0.25) is 18.9 Å². The van der Waals surface area contributed by atoms with Gasteiger partial charge in [-0.15, -0.1) is 0 Å². The van der Waals surface area contributed by atoms with E-state index in [2.05, 4.69) is 20.8 Å². The van der Waals surface area contributed by atoms with Crippen molar-refractivity contribution in [3.8, 4) is 0 Å². The normalized spacial score (nSPS) is 45.0. The quantitative estimate of drug-likeness (QED) is 0.0391. The van der Waals surface area contributed by atoms with Gasteiger partial charge in [-0.05, 0) is 120 Å². The number of ether oxygens (including phenoxy) is 21. The summed E-state index contributed by atoms with van der Waals surface area (Å²) >= 11 is 5.67. The number of carbonyl (C=O) groups excluding carboxylic acids is 4. The Morgan fingerprint density at radius 1 is 0.387 bits per heavy atom. The Hall–Kier alpha value is -2.83. The fraction of sp³-hybridized carbons (Fsp3) is 0.955. The smallest absolute Gasteiger partial charge is 0.305 e. The van der Waals surface area contributed by atoms with Crippen LogP contribution in [0.1, 0.15) is 265 Å². The van der Waals surface area contributed by atoms with Crippen LogP contribution in [0.5, 0.6) is 0 Å². The first-order chi connectivity index (χ1) is 57.4. The van der Waals surface area contributed by atoms with Crippen molar-refractivity contribution in [2.24, 2.45) is 53.3 Å². The lowest BCUT2D eigenvalue weighted by Crippen LogP contribution is -2.40. The molecule has 30 nitrogen and oxygen atoms in total. The zero-order chi connectivity index (χ0) is 95.4. The minimum Gasteiger partial charge on any atom is -0.455 e. The van der Waals surface area contributed by atoms with Gasteiger partial charge in [-0.3, -0.25) is 19.2 Å². The third kappa shape index (κ3) is 29.6. The number of fused-ring (bicyclic) bond motifs is 2.